The second-order valence-corrected chi connectivity index (χ2v) is 4.50. The molecule has 20 heavy (non-hydrogen) atoms. The van der Waals surface area contributed by atoms with Gasteiger partial charge in [0.2, 0.25) is 0 Å². The van der Waals surface area contributed by atoms with Gasteiger partial charge in [0, 0.05) is 6.07 Å². The zero-order valence-corrected chi connectivity index (χ0v) is 11.9. The standard InChI is InChI=1S/C14H14ClFN2O2/c1-3-13-10(14(19)20-4-2)8-17-18(13)9-5-6-11(15)12(16)7-9/h5-8H,3-4H2,1-2H3. The highest BCUT2D eigenvalue weighted by Crippen LogP contribution is 2.21. The number of ether oxygens (including phenoxy) is 1. The first-order valence-electron chi connectivity index (χ1n) is 6.27. The number of nitrogens with zero attached hydrogens (tertiary/aromatic N) is 2. The van der Waals surface area contributed by atoms with Crippen LogP contribution < -0.4 is 0 Å². The molecule has 106 valence electrons. The predicted molar refractivity (Wildman–Crippen MR) is 73.9 cm³/mol. The smallest absolute Gasteiger partial charge is 0.341 e. The number of aromatic nitrogens is 2. The van der Waals surface area contributed by atoms with Crippen molar-refractivity contribution in [3.63, 3.8) is 0 Å². The van der Waals surface area contributed by atoms with Crippen LogP contribution in [0.3, 0.4) is 0 Å². The summed E-state index contributed by atoms with van der Waals surface area (Å²) in [5.74, 6) is -0.954. The summed E-state index contributed by atoms with van der Waals surface area (Å²) in [6.07, 6.45) is 2.00. The molecule has 0 aliphatic rings. The number of hydrogen-bond donors (Lipinski definition) is 0. The van der Waals surface area contributed by atoms with Gasteiger partial charge in [0.1, 0.15) is 11.4 Å². The summed E-state index contributed by atoms with van der Waals surface area (Å²) in [7, 11) is 0. The molecule has 2 aromatic rings. The normalized spacial score (nSPS) is 10.6. The first-order valence-corrected chi connectivity index (χ1v) is 6.65. The topological polar surface area (TPSA) is 44.1 Å². The SMILES string of the molecule is CCOC(=O)c1cnn(-c2ccc(Cl)c(F)c2)c1CC. The summed E-state index contributed by atoms with van der Waals surface area (Å²) in [5, 5.41) is 4.18. The van der Waals surface area contributed by atoms with Gasteiger partial charge in [-0.3, -0.25) is 0 Å². The zero-order valence-electron chi connectivity index (χ0n) is 11.2. The fourth-order valence-corrected chi connectivity index (χ4v) is 2.05. The Morgan fingerprint density at radius 1 is 1.45 bits per heavy atom. The van der Waals surface area contributed by atoms with Crippen LogP contribution in [-0.2, 0) is 11.2 Å². The van der Waals surface area contributed by atoms with E-state index >= 15 is 0 Å². The highest BCUT2D eigenvalue weighted by atomic mass is 35.5. The zero-order chi connectivity index (χ0) is 14.7. The van der Waals surface area contributed by atoms with Crippen molar-refractivity contribution in [2.75, 3.05) is 6.61 Å². The van der Waals surface area contributed by atoms with E-state index in [1.54, 1.807) is 13.0 Å². The minimum Gasteiger partial charge on any atom is -0.462 e. The lowest BCUT2D eigenvalue weighted by Crippen LogP contribution is -2.09. The second kappa shape index (κ2) is 6.05. The summed E-state index contributed by atoms with van der Waals surface area (Å²) in [5.41, 5.74) is 1.58. The lowest BCUT2D eigenvalue weighted by Gasteiger charge is -2.08. The predicted octanol–water partition coefficient (Wildman–Crippen LogP) is 3.40. The maximum Gasteiger partial charge on any atom is 0.341 e. The van der Waals surface area contributed by atoms with Crippen molar-refractivity contribution in [2.24, 2.45) is 0 Å². The Labute approximate surface area is 121 Å². The first kappa shape index (κ1) is 14.5. The fourth-order valence-electron chi connectivity index (χ4n) is 1.93. The Kier molecular flexibility index (Phi) is 4.39. The van der Waals surface area contributed by atoms with E-state index in [1.165, 1.54) is 23.0 Å². The highest BCUT2D eigenvalue weighted by molar-refractivity contribution is 6.30. The molecule has 0 atom stereocenters. The molecule has 0 saturated carbocycles. The molecular formula is C14H14ClFN2O2. The number of carbonyl (C=O) groups is 1. The van der Waals surface area contributed by atoms with E-state index in [4.69, 9.17) is 16.3 Å². The number of carbonyl (C=O) groups excluding carboxylic acids is 1. The van der Waals surface area contributed by atoms with Crippen LogP contribution in [0.5, 0.6) is 0 Å². The molecule has 6 heteroatoms. The van der Waals surface area contributed by atoms with E-state index < -0.39 is 11.8 Å². The number of halogens is 2. The van der Waals surface area contributed by atoms with Crippen molar-refractivity contribution in [3.8, 4) is 5.69 Å². The molecular weight excluding hydrogens is 283 g/mol. The van der Waals surface area contributed by atoms with Crippen molar-refractivity contribution < 1.29 is 13.9 Å². The molecule has 0 radical (unpaired) electrons. The molecule has 4 nitrogen and oxygen atoms in total. The Morgan fingerprint density at radius 3 is 2.80 bits per heavy atom. The van der Waals surface area contributed by atoms with Gasteiger partial charge in [-0.2, -0.15) is 5.10 Å². The third-order valence-electron chi connectivity index (χ3n) is 2.85. The van der Waals surface area contributed by atoms with Gasteiger partial charge in [-0.1, -0.05) is 18.5 Å². The number of hydrogen-bond acceptors (Lipinski definition) is 3. The van der Waals surface area contributed by atoms with E-state index in [9.17, 15) is 9.18 Å². The van der Waals surface area contributed by atoms with Crippen LogP contribution in [0.1, 0.15) is 29.9 Å². The molecule has 0 unspecified atom stereocenters. The largest absolute Gasteiger partial charge is 0.462 e. The third kappa shape index (κ3) is 2.67. The van der Waals surface area contributed by atoms with Crippen molar-refractivity contribution >= 4 is 17.6 Å². The minimum atomic E-state index is -0.528. The summed E-state index contributed by atoms with van der Waals surface area (Å²) >= 11 is 5.66. The lowest BCUT2D eigenvalue weighted by molar-refractivity contribution is 0.0525. The van der Waals surface area contributed by atoms with Gasteiger partial charge in [0.15, 0.2) is 0 Å². The summed E-state index contributed by atoms with van der Waals surface area (Å²) in [4.78, 5) is 11.8. The van der Waals surface area contributed by atoms with Crippen LogP contribution in [-0.4, -0.2) is 22.4 Å². The molecule has 1 aromatic heterocycles. The number of esters is 1. The van der Waals surface area contributed by atoms with Crippen molar-refractivity contribution in [3.05, 3.63) is 46.5 Å². The maximum atomic E-state index is 13.5. The van der Waals surface area contributed by atoms with E-state index in [0.29, 0.717) is 30.0 Å². The Balaban J connectivity index is 2.47. The van der Waals surface area contributed by atoms with Crippen molar-refractivity contribution in [1.82, 2.24) is 9.78 Å². The monoisotopic (exact) mass is 296 g/mol. The molecule has 0 spiro atoms. The number of rotatable bonds is 4. The van der Waals surface area contributed by atoms with E-state index in [2.05, 4.69) is 5.10 Å². The quantitative estimate of drug-likeness (QED) is 0.812. The van der Waals surface area contributed by atoms with Gasteiger partial charge in [-0.05, 0) is 25.5 Å². The molecule has 0 N–H and O–H groups in total. The van der Waals surface area contributed by atoms with Gasteiger partial charge in [-0.25, -0.2) is 13.9 Å². The molecule has 0 bridgehead atoms. The fraction of sp³-hybridized carbons (Fsp3) is 0.286. The average Bonchev–Trinajstić information content (AvgIpc) is 2.86. The van der Waals surface area contributed by atoms with Crippen LogP contribution >= 0.6 is 11.6 Å². The second-order valence-electron chi connectivity index (χ2n) is 4.09. The maximum absolute atomic E-state index is 13.5. The first-order chi connectivity index (χ1) is 9.58. The van der Waals surface area contributed by atoms with Crippen LogP contribution in [0.4, 0.5) is 4.39 Å². The number of benzene rings is 1. The van der Waals surface area contributed by atoms with Crippen molar-refractivity contribution in [1.29, 1.82) is 0 Å². The summed E-state index contributed by atoms with van der Waals surface area (Å²) < 4.78 is 20.0. The van der Waals surface area contributed by atoms with E-state index in [1.807, 2.05) is 6.92 Å². The highest BCUT2D eigenvalue weighted by Gasteiger charge is 2.18. The Bertz CT molecular complexity index is 640. The third-order valence-corrected chi connectivity index (χ3v) is 3.15. The molecule has 1 aromatic carbocycles. The van der Waals surface area contributed by atoms with Crippen LogP contribution in [0.15, 0.2) is 24.4 Å². The van der Waals surface area contributed by atoms with Gasteiger partial charge in [0.25, 0.3) is 0 Å². The molecule has 0 saturated heterocycles. The molecule has 0 fully saturated rings. The summed E-state index contributed by atoms with van der Waals surface area (Å²) in [6, 6.07) is 4.38. The van der Waals surface area contributed by atoms with Crippen molar-refractivity contribution in [2.45, 2.75) is 20.3 Å². The molecule has 0 aliphatic carbocycles. The lowest BCUT2D eigenvalue weighted by atomic mass is 10.2. The molecule has 1 heterocycles. The van der Waals surface area contributed by atoms with Crippen LogP contribution in [0.2, 0.25) is 5.02 Å². The summed E-state index contributed by atoms with van der Waals surface area (Å²) in [6.45, 7) is 3.92. The van der Waals surface area contributed by atoms with E-state index in [0.717, 1.165) is 0 Å². The molecule has 0 aliphatic heterocycles. The van der Waals surface area contributed by atoms with Gasteiger partial charge >= 0.3 is 5.97 Å². The average molecular weight is 297 g/mol. The van der Waals surface area contributed by atoms with Gasteiger partial charge < -0.3 is 4.74 Å². The Morgan fingerprint density at radius 2 is 2.20 bits per heavy atom. The van der Waals surface area contributed by atoms with Gasteiger partial charge in [-0.15, -0.1) is 0 Å². The van der Waals surface area contributed by atoms with E-state index in [-0.39, 0.29) is 5.02 Å². The minimum absolute atomic E-state index is 0.0459. The van der Waals surface area contributed by atoms with Crippen LogP contribution in [0, 0.1) is 5.82 Å². The van der Waals surface area contributed by atoms with Gasteiger partial charge in [0.05, 0.1) is 29.2 Å². The Hall–Kier alpha value is -1.88. The molecule has 0 amide bonds. The molecule has 2 rings (SSSR count). The van der Waals surface area contributed by atoms with Crippen LogP contribution in [0.25, 0.3) is 5.69 Å².